The van der Waals surface area contributed by atoms with Crippen LogP contribution in [0.5, 0.6) is 0 Å². The van der Waals surface area contributed by atoms with Gasteiger partial charge in [-0.15, -0.1) is 0 Å². The smallest absolute Gasteiger partial charge is 0.0593 e. The van der Waals surface area contributed by atoms with Crippen molar-refractivity contribution in [1.82, 2.24) is 19.6 Å². The third-order valence-corrected chi connectivity index (χ3v) is 4.87. The zero-order valence-corrected chi connectivity index (χ0v) is 13.4. The standard InChI is InChI=1S/C16H28N4O/c1-3-19-7-8-21-14-16(12-19)5-4-6-20(13-16)11-15-9-17-18(2)10-15/h9-10H,3-8,11-14H2,1-2H3/t16-/m0/s1. The van der Waals surface area contributed by atoms with E-state index in [4.69, 9.17) is 4.74 Å². The van der Waals surface area contributed by atoms with Crippen molar-refractivity contribution < 1.29 is 4.74 Å². The number of rotatable bonds is 3. The molecule has 0 amide bonds. The molecule has 0 aromatic carbocycles. The van der Waals surface area contributed by atoms with E-state index in [1.807, 2.05) is 17.9 Å². The molecule has 0 bridgehead atoms. The predicted molar refractivity (Wildman–Crippen MR) is 83.1 cm³/mol. The van der Waals surface area contributed by atoms with Crippen LogP contribution >= 0.6 is 0 Å². The van der Waals surface area contributed by atoms with Gasteiger partial charge in [0.2, 0.25) is 0 Å². The van der Waals surface area contributed by atoms with Crippen LogP contribution in [0.15, 0.2) is 12.4 Å². The Labute approximate surface area is 127 Å². The van der Waals surface area contributed by atoms with Crippen molar-refractivity contribution in [3.63, 3.8) is 0 Å². The summed E-state index contributed by atoms with van der Waals surface area (Å²) in [4.78, 5) is 5.14. The molecule has 0 saturated carbocycles. The minimum Gasteiger partial charge on any atom is -0.379 e. The van der Waals surface area contributed by atoms with E-state index in [-0.39, 0.29) is 0 Å². The van der Waals surface area contributed by atoms with E-state index in [9.17, 15) is 0 Å². The van der Waals surface area contributed by atoms with Gasteiger partial charge in [0.25, 0.3) is 0 Å². The second-order valence-corrected chi connectivity index (χ2v) is 6.76. The van der Waals surface area contributed by atoms with Crippen LogP contribution in [0.1, 0.15) is 25.3 Å². The maximum Gasteiger partial charge on any atom is 0.0593 e. The van der Waals surface area contributed by atoms with E-state index in [1.54, 1.807) is 0 Å². The summed E-state index contributed by atoms with van der Waals surface area (Å²) in [6, 6.07) is 0. The minimum absolute atomic E-state index is 0.326. The van der Waals surface area contributed by atoms with Crippen LogP contribution in [0.4, 0.5) is 0 Å². The molecule has 5 heteroatoms. The fraction of sp³-hybridized carbons (Fsp3) is 0.812. The molecule has 2 saturated heterocycles. The van der Waals surface area contributed by atoms with Crippen LogP contribution in [-0.2, 0) is 18.3 Å². The number of piperidine rings is 1. The number of hydrogen-bond acceptors (Lipinski definition) is 4. The van der Waals surface area contributed by atoms with Gasteiger partial charge in [-0.2, -0.15) is 5.10 Å². The van der Waals surface area contributed by atoms with E-state index < -0.39 is 0 Å². The maximum absolute atomic E-state index is 5.94. The Morgan fingerprint density at radius 2 is 2.14 bits per heavy atom. The molecule has 0 N–H and O–H groups in total. The van der Waals surface area contributed by atoms with Gasteiger partial charge in [-0.3, -0.25) is 9.58 Å². The molecule has 0 unspecified atom stereocenters. The third kappa shape index (κ3) is 3.65. The zero-order chi connectivity index (χ0) is 14.7. The summed E-state index contributed by atoms with van der Waals surface area (Å²) in [5.41, 5.74) is 1.64. The first-order valence-electron chi connectivity index (χ1n) is 8.19. The molecule has 118 valence electrons. The molecule has 0 aliphatic carbocycles. The number of nitrogens with zero attached hydrogens (tertiary/aromatic N) is 4. The normalized spacial score (nSPS) is 28.9. The Bertz CT molecular complexity index is 461. The number of hydrogen-bond donors (Lipinski definition) is 0. The molecule has 1 aromatic rings. The summed E-state index contributed by atoms with van der Waals surface area (Å²) in [5.74, 6) is 0. The van der Waals surface area contributed by atoms with Gasteiger partial charge in [-0.1, -0.05) is 6.92 Å². The van der Waals surface area contributed by atoms with Crippen LogP contribution in [-0.4, -0.2) is 65.5 Å². The summed E-state index contributed by atoms with van der Waals surface area (Å²) in [6.45, 7) is 10.8. The average molecular weight is 292 g/mol. The highest BCUT2D eigenvalue weighted by atomic mass is 16.5. The summed E-state index contributed by atoms with van der Waals surface area (Å²) in [6.07, 6.45) is 6.70. The third-order valence-electron chi connectivity index (χ3n) is 4.87. The highest BCUT2D eigenvalue weighted by Gasteiger charge is 2.38. The van der Waals surface area contributed by atoms with E-state index in [2.05, 4.69) is 28.0 Å². The van der Waals surface area contributed by atoms with Crippen molar-refractivity contribution in [2.45, 2.75) is 26.3 Å². The predicted octanol–water partition coefficient (Wildman–Crippen LogP) is 1.35. The van der Waals surface area contributed by atoms with Crippen LogP contribution in [0.3, 0.4) is 0 Å². The molecule has 2 fully saturated rings. The van der Waals surface area contributed by atoms with Crippen LogP contribution < -0.4 is 0 Å². The minimum atomic E-state index is 0.326. The molecule has 3 heterocycles. The second-order valence-electron chi connectivity index (χ2n) is 6.76. The van der Waals surface area contributed by atoms with Gasteiger partial charge >= 0.3 is 0 Å². The van der Waals surface area contributed by atoms with Gasteiger partial charge in [0.1, 0.15) is 0 Å². The van der Waals surface area contributed by atoms with Gasteiger partial charge in [0, 0.05) is 50.4 Å². The summed E-state index contributed by atoms with van der Waals surface area (Å²) in [5, 5.41) is 4.28. The van der Waals surface area contributed by atoms with E-state index >= 15 is 0 Å². The van der Waals surface area contributed by atoms with Gasteiger partial charge in [0.15, 0.2) is 0 Å². The highest BCUT2D eigenvalue weighted by molar-refractivity contribution is 5.04. The quantitative estimate of drug-likeness (QED) is 0.842. The maximum atomic E-state index is 5.94. The van der Waals surface area contributed by atoms with Crippen LogP contribution in [0.25, 0.3) is 0 Å². The largest absolute Gasteiger partial charge is 0.379 e. The van der Waals surface area contributed by atoms with Crippen molar-refractivity contribution in [1.29, 1.82) is 0 Å². The van der Waals surface area contributed by atoms with Crippen molar-refractivity contribution in [2.24, 2.45) is 12.5 Å². The van der Waals surface area contributed by atoms with Gasteiger partial charge in [0.05, 0.1) is 19.4 Å². The van der Waals surface area contributed by atoms with Gasteiger partial charge < -0.3 is 9.64 Å². The Kier molecular flexibility index (Phi) is 4.62. The SMILES string of the molecule is CCN1CCOC[C@@]2(CCCN(Cc3cnn(C)c3)C2)C1. The van der Waals surface area contributed by atoms with Crippen molar-refractivity contribution in [2.75, 3.05) is 45.9 Å². The first-order valence-corrected chi connectivity index (χ1v) is 8.19. The molecule has 3 rings (SSSR count). The Morgan fingerprint density at radius 3 is 2.90 bits per heavy atom. The Morgan fingerprint density at radius 1 is 1.29 bits per heavy atom. The molecule has 2 aliphatic rings. The first-order chi connectivity index (χ1) is 10.2. The van der Waals surface area contributed by atoms with Gasteiger partial charge in [-0.25, -0.2) is 0 Å². The summed E-state index contributed by atoms with van der Waals surface area (Å²) >= 11 is 0. The van der Waals surface area contributed by atoms with E-state index in [1.165, 1.54) is 31.5 Å². The molecule has 1 atom stereocenters. The molecule has 1 aromatic heterocycles. The highest BCUT2D eigenvalue weighted by Crippen LogP contribution is 2.33. The van der Waals surface area contributed by atoms with Crippen LogP contribution in [0, 0.1) is 5.41 Å². The summed E-state index contributed by atoms with van der Waals surface area (Å²) in [7, 11) is 1.99. The average Bonchev–Trinajstić information content (AvgIpc) is 2.77. The fourth-order valence-electron chi connectivity index (χ4n) is 3.85. The van der Waals surface area contributed by atoms with E-state index in [0.29, 0.717) is 5.41 Å². The fourth-order valence-corrected chi connectivity index (χ4v) is 3.85. The molecule has 1 spiro atoms. The molecule has 0 radical (unpaired) electrons. The van der Waals surface area contributed by atoms with Crippen molar-refractivity contribution >= 4 is 0 Å². The van der Waals surface area contributed by atoms with Gasteiger partial charge in [-0.05, 0) is 25.9 Å². The van der Waals surface area contributed by atoms with Crippen molar-refractivity contribution in [3.05, 3.63) is 18.0 Å². The first kappa shape index (κ1) is 15.0. The number of aryl methyl sites for hydroxylation is 1. The lowest BCUT2D eigenvalue weighted by atomic mass is 9.80. The molecule has 5 nitrogen and oxygen atoms in total. The number of aromatic nitrogens is 2. The lowest BCUT2D eigenvalue weighted by molar-refractivity contribution is 0.00333. The topological polar surface area (TPSA) is 33.5 Å². The molecular weight excluding hydrogens is 264 g/mol. The molecule has 2 aliphatic heterocycles. The molecule has 21 heavy (non-hydrogen) atoms. The Balaban J connectivity index is 1.66. The lowest BCUT2D eigenvalue weighted by Gasteiger charge is -2.43. The van der Waals surface area contributed by atoms with Crippen LogP contribution in [0.2, 0.25) is 0 Å². The number of likely N-dealkylation sites (N-methyl/N-ethyl adjacent to an activating group) is 1. The zero-order valence-electron chi connectivity index (χ0n) is 13.4. The second kappa shape index (κ2) is 6.46. The number of likely N-dealkylation sites (tertiary alicyclic amines) is 1. The summed E-state index contributed by atoms with van der Waals surface area (Å²) < 4.78 is 7.83. The van der Waals surface area contributed by atoms with E-state index in [0.717, 1.165) is 39.4 Å². The monoisotopic (exact) mass is 292 g/mol. The number of ether oxygens (including phenoxy) is 1. The van der Waals surface area contributed by atoms with Crippen molar-refractivity contribution in [3.8, 4) is 0 Å². The Hall–Kier alpha value is -0.910. The lowest BCUT2D eigenvalue weighted by Crippen LogP contribution is -2.50. The molecular formula is C16H28N4O.